The Morgan fingerprint density at radius 2 is 1.79 bits per heavy atom. The van der Waals surface area contributed by atoms with Gasteiger partial charge in [0.05, 0.1) is 5.52 Å². The van der Waals surface area contributed by atoms with Crippen LogP contribution in [0.1, 0.15) is 25.0 Å². The van der Waals surface area contributed by atoms with E-state index in [9.17, 15) is 0 Å². The summed E-state index contributed by atoms with van der Waals surface area (Å²) >= 11 is 0. The zero-order valence-corrected chi connectivity index (χ0v) is 9.63. The molecule has 0 amide bonds. The first-order valence-electron chi connectivity index (χ1n) is 5.07. The van der Waals surface area contributed by atoms with Gasteiger partial charge in [-0.3, -0.25) is 4.68 Å². The molecule has 76 valence electrons. The van der Waals surface area contributed by atoms with Crippen molar-refractivity contribution in [3.05, 3.63) is 29.5 Å². The fourth-order valence-corrected chi connectivity index (χ4v) is 1.62. The second kappa shape index (κ2) is 4.27. The highest BCUT2D eigenvalue weighted by molar-refractivity contribution is 5.81. The first-order chi connectivity index (χ1) is 6.66. The summed E-state index contributed by atoms with van der Waals surface area (Å²) in [7, 11) is 1.95. The monoisotopic (exact) mass is 190 g/mol. The molecule has 0 unspecified atom stereocenters. The summed E-state index contributed by atoms with van der Waals surface area (Å²) in [5, 5.41) is 5.60. The van der Waals surface area contributed by atoms with Crippen LogP contribution in [0.15, 0.2) is 18.3 Å². The third-order valence-electron chi connectivity index (χ3n) is 2.06. The van der Waals surface area contributed by atoms with E-state index in [1.54, 1.807) is 0 Å². The van der Waals surface area contributed by atoms with Crippen LogP contribution in [0.2, 0.25) is 0 Å². The van der Waals surface area contributed by atoms with E-state index in [4.69, 9.17) is 0 Å². The van der Waals surface area contributed by atoms with Crippen LogP contribution in [0.4, 0.5) is 0 Å². The minimum Gasteiger partial charge on any atom is -0.275 e. The summed E-state index contributed by atoms with van der Waals surface area (Å²) < 4.78 is 1.86. The Balaban J connectivity index is 0.000000461. The summed E-state index contributed by atoms with van der Waals surface area (Å²) in [6.07, 6.45) is 2.05. The maximum atomic E-state index is 4.37. The van der Waals surface area contributed by atoms with Gasteiger partial charge in [0, 0.05) is 18.6 Å². The molecule has 0 saturated carbocycles. The van der Waals surface area contributed by atoms with Crippen molar-refractivity contribution in [1.82, 2.24) is 9.78 Å². The van der Waals surface area contributed by atoms with Crippen molar-refractivity contribution < 1.29 is 0 Å². The van der Waals surface area contributed by atoms with E-state index in [-0.39, 0.29) is 0 Å². The summed E-state index contributed by atoms with van der Waals surface area (Å²) in [5.41, 5.74) is 3.67. The Kier molecular flexibility index (Phi) is 3.28. The van der Waals surface area contributed by atoms with Crippen molar-refractivity contribution in [2.45, 2.75) is 27.7 Å². The Labute approximate surface area is 85.6 Å². The predicted octanol–water partition coefficient (Wildman–Crippen LogP) is 3.22. The number of benzene rings is 1. The van der Waals surface area contributed by atoms with Crippen molar-refractivity contribution >= 4 is 10.9 Å². The van der Waals surface area contributed by atoms with Crippen molar-refractivity contribution in [2.24, 2.45) is 7.05 Å². The third kappa shape index (κ3) is 1.95. The molecule has 1 aromatic carbocycles. The Hall–Kier alpha value is -1.31. The van der Waals surface area contributed by atoms with Crippen LogP contribution in [0.5, 0.6) is 0 Å². The smallest absolute Gasteiger partial charge is 0.0952 e. The van der Waals surface area contributed by atoms with Gasteiger partial charge in [-0.25, -0.2) is 0 Å². The maximum Gasteiger partial charge on any atom is 0.0952 e. The van der Waals surface area contributed by atoms with E-state index in [0.717, 1.165) is 5.52 Å². The largest absolute Gasteiger partial charge is 0.275 e. The fourth-order valence-electron chi connectivity index (χ4n) is 1.62. The molecule has 14 heavy (non-hydrogen) atoms. The number of hydrogen-bond donors (Lipinski definition) is 0. The van der Waals surface area contributed by atoms with Gasteiger partial charge in [0.15, 0.2) is 0 Å². The van der Waals surface area contributed by atoms with E-state index >= 15 is 0 Å². The third-order valence-corrected chi connectivity index (χ3v) is 2.06. The van der Waals surface area contributed by atoms with Crippen LogP contribution in [0.3, 0.4) is 0 Å². The van der Waals surface area contributed by atoms with Gasteiger partial charge < -0.3 is 0 Å². The van der Waals surface area contributed by atoms with Gasteiger partial charge in [0.25, 0.3) is 0 Å². The highest BCUT2D eigenvalue weighted by atomic mass is 15.2. The molecular weight excluding hydrogens is 172 g/mol. The molecule has 0 fully saturated rings. The molecule has 0 aliphatic heterocycles. The summed E-state index contributed by atoms with van der Waals surface area (Å²) in [5.74, 6) is 0. The molecule has 2 rings (SSSR count). The van der Waals surface area contributed by atoms with Crippen LogP contribution >= 0.6 is 0 Å². The van der Waals surface area contributed by atoms with Gasteiger partial charge in [-0.2, -0.15) is 5.10 Å². The summed E-state index contributed by atoms with van der Waals surface area (Å²) in [6.45, 7) is 8.21. The lowest BCUT2D eigenvalue weighted by Gasteiger charge is -1.95. The first-order valence-corrected chi connectivity index (χ1v) is 5.07. The lowest BCUT2D eigenvalue weighted by Crippen LogP contribution is -1.86. The number of fused-ring (bicyclic) bond motifs is 1. The lowest BCUT2D eigenvalue weighted by molar-refractivity contribution is 0.779. The zero-order chi connectivity index (χ0) is 10.7. The average molecular weight is 190 g/mol. The maximum absolute atomic E-state index is 4.37. The molecule has 1 aromatic heterocycles. The van der Waals surface area contributed by atoms with Crippen LogP contribution in [0.25, 0.3) is 10.9 Å². The zero-order valence-electron chi connectivity index (χ0n) is 9.63. The van der Waals surface area contributed by atoms with Gasteiger partial charge in [0.2, 0.25) is 0 Å². The molecule has 0 N–H and O–H groups in total. The fraction of sp³-hybridized carbons (Fsp3) is 0.417. The van der Waals surface area contributed by atoms with Crippen LogP contribution < -0.4 is 0 Å². The molecule has 2 nitrogen and oxygen atoms in total. The lowest BCUT2D eigenvalue weighted by atomic mass is 10.1. The van der Waals surface area contributed by atoms with E-state index in [2.05, 4.69) is 37.3 Å². The SMILES string of the molecule is CC.Cc1cc(C)c2nn(C)cc2c1. The molecule has 2 aromatic rings. The minimum absolute atomic E-state index is 1.11. The number of nitrogens with zero attached hydrogens (tertiary/aromatic N) is 2. The second-order valence-corrected chi connectivity index (χ2v) is 3.32. The Morgan fingerprint density at radius 3 is 2.43 bits per heavy atom. The van der Waals surface area contributed by atoms with E-state index in [1.807, 2.05) is 25.6 Å². The molecule has 0 bridgehead atoms. The van der Waals surface area contributed by atoms with Gasteiger partial charge >= 0.3 is 0 Å². The normalized spacial score (nSPS) is 9.79. The number of aromatic nitrogens is 2. The Bertz CT molecular complexity index is 427. The van der Waals surface area contributed by atoms with E-state index < -0.39 is 0 Å². The van der Waals surface area contributed by atoms with E-state index in [1.165, 1.54) is 16.5 Å². The molecular formula is C12H18N2. The van der Waals surface area contributed by atoms with Crippen molar-refractivity contribution in [3.63, 3.8) is 0 Å². The van der Waals surface area contributed by atoms with Gasteiger partial charge in [0.1, 0.15) is 0 Å². The summed E-state index contributed by atoms with van der Waals surface area (Å²) in [4.78, 5) is 0. The topological polar surface area (TPSA) is 17.8 Å². The van der Waals surface area contributed by atoms with Gasteiger partial charge in [-0.1, -0.05) is 25.5 Å². The minimum atomic E-state index is 1.11. The highest BCUT2D eigenvalue weighted by Gasteiger charge is 2.01. The van der Waals surface area contributed by atoms with Crippen molar-refractivity contribution in [1.29, 1.82) is 0 Å². The second-order valence-electron chi connectivity index (χ2n) is 3.32. The molecule has 1 heterocycles. The molecule has 0 radical (unpaired) electrons. The highest BCUT2D eigenvalue weighted by Crippen LogP contribution is 2.17. The van der Waals surface area contributed by atoms with E-state index in [0.29, 0.717) is 0 Å². The molecule has 0 aliphatic rings. The van der Waals surface area contributed by atoms with Gasteiger partial charge in [-0.05, 0) is 25.5 Å². The molecule has 0 saturated heterocycles. The van der Waals surface area contributed by atoms with Crippen molar-refractivity contribution in [3.8, 4) is 0 Å². The quantitative estimate of drug-likeness (QED) is 0.623. The standard InChI is InChI=1S/C10H12N2.C2H6/c1-7-4-8(2)10-9(5-7)6-12(3)11-10;1-2/h4-6H,1-3H3;1-2H3. The number of hydrogen-bond acceptors (Lipinski definition) is 1. The van der Waals surface area contributed by atoms with Crippen LogP contribution in [-0.4, -0.2) is 9.78 Å². The number of rotatable bonds is 0. The molecule has 0 atom stereocenters. The first kappa shape index (κ1) is 10.8. The van der Waals surface area contributed by atoms with Gasteiger partial charge in [-0.15, -0.1) is 0 Å². The van der Waals surface area contributed by atoms with Crippen LogP contribution in [-0.2, 0) is 7.05 Å². The average Bonchev–Trinajstić information content (AvgIpc) is 2.49. The summed E-state index contributed by atoms with van der Waals surface area (Å²) in [6, 6.07) is 4.32. The van der Waals surface area contributed by atoms with Crippen molar-refractivity contribution in [2.75, 3.05) is 0 Å². The Morgan fingerprint density at radius 1 is 1.14 bits per heavy atom. The number of aryl methyl sites for hydroxylation is 3. The molecule has 0 aliphatic carbocycles. The predicted molar refractivity (Wildman–Crippen MR) is 61.5 cm³/mol. The molecule has 0 spiro atoms. The van der Waals surface area contributed by atoms with Crippen LogP contribution in [0, 0.1) is 13.8 Å². The molecule has 2 heteroatoms.